The number of fused-ring (bicyclic) bond motifs is 1. The fourth-order valence-electron chi connectivity index (χ4n) is 1.000. The highest BCUT2D eigenvalue weighted by atomic mass is 19.1. The fourth-order valence-corrected chi connectivity index (χ4v) is 1.000. The van der Waals surface area contributed by atoms with E-state index < -0.39 is 11.8 Å². The van der Waals surface area contributed by atoms with E-state index in [1.165, 1.54) is 18.2 Å². The standard InChI is InChI=1S/C8H3F2N2/c9-6-3-1-2-5-4-11-12-8(10)7(5)6/h1-3H. The first-order chi connectivity index (χ1) is 5.79. The van der Waals surface area contributed by atoms with Crippen molar-refractivity contribution in [3.8, 4) is 0 Å². The quantitative estimate of drug-likeness (QED) is 0.593. The lowest BCUT2D eigenvalue weighted by atomic mass is 10.2. The minimum atomic E-state index is -0.901. The molecule has 0 N–H and O–H groups in total. The van der Waals surface area contributed by atoms with Crippen LogP contribution in [0.15, 0.2) is 18.2 Å². The van der Waals surface area contributed by atoms with Crippen molar-refractivity contribution in [2.45, 2.75) is 0 Å². The van der Waals surface area contributed by atoms with Crippen molar-refractivity contribution in [3.63, 3.8) is 0 Å². The lowest BCUT2D eigenvalue weighted by molar-refractivity contribution is 0.562. The van der Waals surface area contributed by atoms with Crippen LogP contribution in [0.4, 0.5) is 8.78 Å². The summed E-state index contributed by atoms with van der Waals surface area (Å²) >= 11 is 0. The van der Waals surface area contributed by atoms with Crippen molar-refractivity contribution in [3.05, 3.63) is 36.2 Å². The molecule has 0 aliphatic rings. The van der Waals surface area contributed by atoms with Crippen molar-refractivity contribution in [2.24, 2.45) is 0 Å². The number of hydrogen-bond donors (Lipinski definition) is 0. The number of aromatic nitrogens is 2. The molecule has 1 aromatic heterocycles. The Bertz CT molecular complexity index is 392. The summed E-state index contributed by atoms with van der Waals surface area (Å²) in [7, 11) is 0. The number of halogens is 2. The molecule has 0 bridgehead atoms. The summed E-state index contributed by atoms with van der Waals surface area (Å²) in [5, 5.41) is 6.43. The predicted octanol–water partition coefficient (Wildman–Crippen LogP) is 1.71. The molecule has 2 nitrogen and oxygen atoms in total. The van der Waals surface area contributed by atoms with Gasteiger partial charge in [0, 0.05) is 5.39 Å². The second-order valence-corrected chi connectivity index (χ2v) is 2.27. The Morgan fingerprint density at radius 3 is 2.83 bits per heavy atom. The third-order valence-corrected chi connectivity index (χ3v) is 1.53. The maximum absolute atomic E-state index is 12.9. The Morgan fingerprint density at radius 2 is 2.08 bits per heavy atom. The third kappa shape index (κ3) is 0.922. The summed E-state index contributed by atoms with van der Waals surface area (Å²) in [6.07, 6.45) is 2.39. The smallest absolute Gasteiger partial charge is 0.206 e. The zero-order valence-corrected chi connectivity index (χ0v) is 5.88. The Balaban J connectivity index is 2.96. The van der Waals surface area contributed by atoms with E-state index in [2.05, 4.69) is 16.4 Å². The zero-order chi connectivity index (χ0) is 8.55. The second kappa shape index (κ2) is 2.48. The highest BCUT2D eigenvalue weighted by molar-refractivity contribution is 5.81. The lowest BCUT2D eigenvalue weighted by Gasteiger charge is -1.96. The van der Waals surface area contributed by atoms with Crippen LogP contribution in [-0.4, -0.2) is 10.2 Å². The van der Waals surface area contributed by atoms with E-state index in [-0.39, 0.29) is 5.39 Å². The van der Waals surface area contributed by atoms with Crippen LogP contribution in [0.2, 0.25) is 0 Å². The molecule has 0 unspecified atom stereocenters. The topological polar surface area (TPSA) is 25.8 Å². The largest absolute Gasteiger partial charge is 0.244 e. The van der Waals surface area contributed by atoms with Crippen molar-refractivity contribution < 1.29 is 8.78 Å². The maximum atomic E-state index is 12.9. The van der Waals surface area contributed by atoms with Gasteiger partial charge in [-0.25, -0.2) is 4.39 Å². The van der Waals surface area contributed by atoms with E-state index in [0.29, 0.717) is 5.39 Å². The average Bonchev–Trinajstić information content (AvgIpc) is 2.04. The van der Waals surface area contributed by atoms with Crippen LogP contribution in [0.3, 0.4) is 0 Å². The second-order valence-electron chi connectivity index (χ2n) is 2.27. The SMILES string of the molecule is Fc1cccc2[c]nnc(F)c12. The molecule has 0 aliphatic carbocycles. The van der Waals surface area contributed by atoms with Gasteiger partial charge in [-0.05, 0) is 6.07 Å². The van der Waals surface area contributed by atoms with E-state index in [9.17, 15) is 8.78 Å². The van der Waals surface area contributed by atoms with Crippen molar-refractivity contribution >= 4 is 10.8 Å². The summed E-state index contributed by atoms with van der Waals surface area (Å²) in [5.41, 5.74) is 0. The first-order valence-electron chi connectivity index (χ1n) is 3.27. The van der Waals surface area contributed by atoms with Gasteiger partial charge in [0.15, 0.2) is 0 Å². The molecule has 0 aliphatic heterocycles. The summed E-state index contributed by atoms with van der Waals surface area (Å²) < 4.78 is 25.7. The molecule has 1 heterocycles. The Hall–Kier alpha value is -1.58. The van der Waals surface area contributed by atoms with Crippen LogP contribution in [0, 0.1) is 18.0 Å². The van der Waals surface area contributed by atoms with E-state index >= 15 is 0 Å². The molecule has 4 heteroatoms. The van der Waals surface area contributed by atoms with E-state index in [4.69, 9.17) is 0 Å². The highest BCUT2D eigenvalue weighted by Crippen LogP contribution is 2.17. The van der Waals surface area contributed by atoms with Gasteiger partial charge in [-0.3, -0.25) is 0 Å². The maximum Gasteiger partial charge on any atom is 0.244 e. The van der Waals surface area contributed by atoms with Gasteiger partial charge in [0.25, 0.3) is 0 Å². The van der Waals surface area contributed by atoms with Crippen molar-refractivity contribution in [1.82, 2.24) is 10.2 Å². The number of nitrogens with zero attached hydrogens (tertiary/aromatic N) is 2. The van der Waals surface area contributed by atoms with Crippen LogP contribution < -0.4 is 0 Å². The molecule has 0 amide bonds. The van der Waals surface area contributed by atoms with Crippen molar-refractivity contribution in [2.75, 3.05) is 0 Å². The first kappa shape index (κ1) is 7.09. The molecule has 0 saturated heterocycles. The Morgan fingerprint density at radius 1 is 1.25 bits per heavy atom. The molecule has 0 spiro atoms. The number of hydrogen-bond acceptors (Lipinski definition) is 2. The summed E-state index contributed by atoms with van der Waals surface area (Å²) in [5.74, 6) is -1.54. The molecule has 0 atom stereocenters. The van der Waals surface area contributed by atoms with Gasteiger partial charge < -0.3 is 0 Å². The lowest BCUT2D eigenvalue weighted by Crippen LogP contribution is -1.91. The minimum Gasteiger partial charge on any atom is -0.206 e. The molecule has 2 rings (SSSR count). The molecule has 0 saturated carbocycles. The van der Waals surface area contributed by atoms with Crippen LogP contribution >= 0.6 is 0 Å². The zero-order valence-electron chi connectivity index (χ0n) is 5.88. The first-order valence-corrected chi connectivity index (χ1v) is 3.27. The summed E-state index contributed by atoms with van der Waals surface area (Å²) in [4.78, 5) is 0. The van der Waals surface area contributed by atoms with Gasteiger partial charge in [-0.1, -0.05) is 12.1 Å². The molecule has 1 aromatic carbocycles. The van der Waals surface area contributed by atoms with Gasteiger partial charge in [-0.2, -0.15) is 4.39 Å². The number of benzene rings is 1. The summed E-state index contributed by atoms with van der Waals surface area (Å²) in [6.45, 7) is 0. The van der Waals surface area contributed by atoms with Crippen LogP contribution in [0.25, 0.3) is 10.8 Å². The monoisotopic (exact) mass is 165 g/mol. The number of rotatable bonds is 0. The molecular weight excluding hydrogens is 162 g/mol. The fraction of sp³-hybridized carbons (Fsp3) is 0. The van der Waals surface area contributed by atoms with Gasteiger partial charge >= 0.3 is 0 Å². The van der Waals surface area contributed by atoms with Crippen LogP contribution in [0.5, 0.6) is 0 Å². The molecular formula is C8H3F2N2. The molecule has 12 heavy (non-hydrogen) atoms. The van der Waals surface area contributed by atoms with Gasteiger partial charge in [0.05, 0.1) is 5.39 Å². The van der Waals surface area contributed by atoms with Gasteiger partial charge in [0.1, 0.15) is 12.0 Å². The normalized spacial score (nSPS) is 10.5. The molecule has 2 aromatic rings. The van der Waals surface area contributed by atoms with E-state index in [0.717, 1.165) is 0 Å². The van der Waals surface area contributed by atoms with Gasteiger partial charge in [-0.15, -0.1) is 10.2 Å². The minimum absolute atomic E-state index is 0.160. The van der Waals surface area contributed by atoms with Crippen LogP contribution in [0.1, 0.15) is 0 Å². The van der Waals surface area contributed by atoms with Crippen LogP contribution in [-0.2, 0) is 0 Å². The summed E-state index contributed by atoms with van der Waals surface area (Å²) in [6, 6.07) is 4.16. The molecule has 59 valence electrons. The van der Waals surface area contributed by atoms with Gasteiger partial charge in [0.2, 0.25) is 5.95 Å². The molecule has 0 fully saturated rings. The Labute approximate surface area is 66.9 Å². The Kier molecular flexibility index (Phi) is 1.46. The molecule has 1 radical (unpaired) electrons. The van der Waals surface area contributed by atoms with E-state index in [1.807, 2.05) is 0 Å². The third-order valence-electron chi connectivity index (χ3n) is 1.53. The highest BCUT2D eigenvalue weighted by Gasteiger charge is 2.06. The average molecular weight is 165 g/mol. The predicted molar refractivity (Wildman–Crippen MR) is 38.3 cm³/mol. The van der Waals surface area contributed by atoms with E-state index in [1.54, 1.807) is 0 Å². The van der Waals surface area contributed by atoms with Crippen molar-refractivity contribution in [1.29, 1.82) is 0 Å².